The fourth-order valence-corrected chi connectivity index (χ4v) is 1.38. The molecule has 0 aliphatic carbocycles. The molecule has 1 aromatic rings. The molecule has 13 heavy (non-hydrogen) atoms. The summed E-state index contributed by atoms with van der Waals surface area (Å²) in [6.45, 7) is 0. The summed E-state index contributed by atoms with van der Waals surface area (Å²) in [6, 6.07) is 7.67. The Morgan fingerprint density at radius 1 is 1.54 bits per heavy atom. The fraction of sp³-hybridized carbons (Fsp3) is 0.100. The Bertz CT molecular complexity index is 366. The van der Waals surface area contributed by atoms with Crippen LogP contribution < -0.4 is 0 Å². The third-order valence-corrected chi connectivity index (χ3v) is 2.68. The van der Waals surface area contributed by atoms with Gasteiger partial charge >= 0.3 is 0 Å². The first kappa shape index (κ1) is 10.3. The SMILES string of the molecule is N#CCC=Cc1ccc(Cl)c(Br)c1. The standard InChI is InChI=1S/C10H7BrClN/c11-9-7-8(3-1-2-6-13)4-5-10(9)12/h1,3-5,7H,2H2. The van der Waals surface area contributed by atoms with Crippen molar-refractivity contribution in [2.45, 2.75) is 6.42 Å². The highest BCUT2D eigenvalue weighted by Crippen LogP contribution is 2.23. The number of rotatable bonds is 2. The van der Waals surface area contributed by atoms with Gasteiger partial charge in [0.1, 0.15) is 0 Å². The first-order valence-electron chi connectivity index (χ1n) is 3.72. The van der Waals surface area contributed by atoms with Gasteiger partial charge < -0.3 is 0 Å². The molecule has 0 bridgehead atoms. The van der Waals surface area contributed by atoms with E-state index in [1.165, 1.54) is 0 Å². The lowest BCUT2D eigenvalue weighted by molar-refractivity contribution is 1.36. The highest BCUT2D eigenvalue weighted by Gasteiger charge is 1.95. The van der Waals surface area contributed by atoms with Crippen molar-refractivity contribution in [1.29, 1.82) is 5.26 Å². The van der Waals surface area contributed by atoms with Gasteiger partial charge in [-0.1, -0.05) is 29.8 Å². The zero-order valence-corrected chi connectivity index (χ0v) is 9.14. The predicted octanol–water partition coefficient (Wildman–Crippen LogP) is 4.03. The molecule has 0 amide bonds. The quantitative estimate of drug-likeness (QED) is 0.784. The summed E-state index contributed by atoms with van der Waals surface area (Å²) >= 11 is 9.14. The van der Waals surface area contributed by atoms with E-state index in [2.05, 4.69) is 15.9 Å². The minimum absolute atomic E-state index is 0.431. The molecule has 1 rings (SSSR count). The third-order valence-electron chi connectivity index (χ3n) is 1.46. The van der Waals surface area contributed by atoms with E-state index in [-0.39, 0.29) is 0 Å². The molecule has 0 N–H and O–H groups in total. The predicted molar refractivity (Wildman–Crippen MR) is 58.4 cm³/mol. The molecule has 0 saturated carbocycles. The van der Waals surface area contributed by atoms with Crippen LogP contribution in [0.25, 0.3) is 6.08 Å². The highest BCUT2D eigenvalue weighted by atomic mass is 79.9. The van der Waals surface area contributed by atoms with Gasteiger partial charge in [0, 0.05) is 4.47 Å². The van der Waals surface area contributed by atoms with Crippen molar-refractivity contribution in [2.24, 2.45) is 0 Å². The molecule has 0 saturated heterocycles. The maximum Gasteiger partial charge on any atom is 0.0663 e. The van der Waals surface area contributed by atoms with E-state index < -0.39 is 0 Å². The third kappa shape index (κ3) is 3.22. The fourth-order valence-electron chi connectivity index (χ4n) is 0.864. The van der Waals surface area contributed by atoms with Crippen LogP contribution in [0.3, 0.4) is 0 Å². The summed E-state index contributed by atoms with van der Waals surface area (Å²) < 4.78 is 0.869. The zero-order chi connectivity index (χ0) is 9.68. The first-order chi connectivity index (χ1) is 6.24. The van der Waals surface area contributed by atoms with Crippen LogP contribution in [0.4, 0.5) is 0 Å². The van der Waals surface area contributed by atoms with E-state index in [4.69, 9.17) is 16.9 Å². The van der Waals surface area contributed by atoms with Gasteiger partial charge in [-0.2, -0.15) is 5.26 Å². The van der Waals surface area contributed by atoms with E-state index in [0.717, 1.165) is 10.0 Å². The second-order valence-electron chi connectivity index (χ2n) is 2.44. The molecule has 0 aromatic heterocycles. The Balaban J connectivity index is 2.81. The van der Waals surface area contributed by atoms with Crippen LogP contribution >= 0.6 is 27.5 Å². The Hall–Kier alpha value is -0.780. The van der Waals surface area contributed by atoms with E-state index in [0.29, 0.717) is 11.4 Å². The summed E-state index contributed by atoms with van der Waals surface area (Å²) in [7, 11) is 0. The van der Waals surface area contributed by atoms with Crippen LogP contribution in [0, 0.1) is 11.3 Å². The first-order valence-corrected chi connectivity index (χ1v) is 4.89. The van der Waals surface area contributed by atoms with Crippen LogP contribution in [-0.4, -0.2) is 0 Å². The largest absolute Gasteiger partial charge is 0.198 e. The average molecular weight is 257 g/mol. The van der Waals surface area contributed by atoms with E-state index in [1.54, 1.807) is 0 Å². The second-order valence-corrected chi connectivity index (χ2v) is 3.70. The minimum atomic E-state index is 0.431. The number of allylic oxidation sites excluding steroid dienone is 1. The molecule has 1 aromatic carbocycles. The number of hydrogen-bond donors (Lipinski definition) is 0. The Labute approximate surface area is 90.8 Å². The van der Waals surface area contributed by atoms with Gasteiger partial charge in [-0.05, 0) is 33.6 Å². The second kappa shape index (κ2) is 5.06. The van der Waals surface area contributed by atoms with Crippen molar-refractivity contribution in [3.8, 4) is 6.07 Å². The molecular formula is C10H7BrClN. The van der Waals surface area contributed by atoms with Crippen LogP contribution in [0.2, 0.25) is 5.02 Å². The highest BCUT2D eigenvalue weighted by molar-refractivity contribution is 9.10. The number of benzene rings is 1. The number of nitriles is 1. The van der Waals surface area contributed by atoms with Gasteiger partial charge in [0.2, 0.25) is 0 Å². The Morgan fingerprint density at radius 3 is 2.92 bits per heavy atom. The lowest BCUT2D eigenvalue weighted by Crippen LogP contribution is -1.73. The molecule has 0 spiro atoms. The topological polar surface area (TPSA) is 23.8 Å². The van der Waals surface area contributed by atoms with Crippen molar-refractivity contribution in [2.75, 3.05) is 0 Å². The summed E-state index contributed by atoms with van der Waals surface area (Å²) in [5.74, 6) is 0. The van der Waals surface area contributed by atoms with Crippen molar-refractivity contribution in [3.63, 3.8) is 0 Å². The van der Waals surface area contributed by atoms with Gasteiger partial charge in [0.25, 0.3) is 0 Å². The van der Waals surface area contributed by atoms with E-state index in [9.17, 15) is 0 Å². The van der Waals surface area contributed by atoms with E-state index >= 15 is 0 Å². The molecule has 0 aliphatic heterocycles. The Morgan fingerprint density at radius 2 is 2.31 bits per heavy atom. The molecule has 3 heteroatoms. The van der Waals surface area contributed by atoms with Crippen molar-refractivity contribution in [3.05, 3.63) is 39.3 Å². The van der Waals surface area contributed by atoms with Crippen LogP contribution in [0.1, 0.15) is 12.0 Å². The van der Waals surface area contributed by atoms with Gasteiger partial charge in [-0.15, -0.1) is 0 Å². The molecular weight excluding hydrogens is 249 g/mol. The summed E-state index contributed by atoms with van der Waals surface area (Å²) in [6.07, 6.45) is 4.14. The molecule has 0 aliphatic rings. The van der Waals surface area contributed by atoms with Crippen LogP contribution in [0.15, 0.2) is 28.7 Å². The molecule has 1 nitrogen and oxygen atoms in total. The Kier molecular flexibility index (Phi) is 4.01. The van der Waals surface area contributed by atoms with Gasteiger partial charge in [0.05, 0.1) is 17.5 Å². The average Bonchev–Trinajstić information content (AvgIpc) is 2.12. The van der Waals surface area contributed by atoms with Crippen molar-refractivity contribution < 1.29 is 0 Å². The van der Waals surface area contributed by atoms with E-state index in [1.807, 2.05) is 36.4 Å². The number of nitrogens with zero attached hydrogens (tertiary/aromatic N) is 1. The van der Waals surface area contributed by atoms with Gasteiger partial charge in [0.15, 0.2) is 0 Å². The van der Waals surface area contributed by atoms with Gasteiger partial charge in [-0.25, -0.2) is 0 Å². The van der Waals surface area contributed by atoms with Crippen molar-refractivity contribution in [1.82, 2.24) is 0 Å². The maximum absolute atomic E-state index is 8.31. The summed E-state index contributed by atoms with van der Waals surface area (Å²) in [4.78, 5) is 0. The van der Waals surface area contributed by atoms with Crippen LogP contribution in [0.5, 0.6) is 0 Å². The smallest absolute Gasteiger partial charge is 0.0663 e. The monoisotopic (exact) mass is 255 g/mol. The summed E-state index contributed by atoms with van der Waals surface area (Å²) in [5.41, 5.74) is 1.03. The molecule has 0 unspecified atom stereocenters. The summed E-state index contributed by atoms with van der Waals surface area (Å²) in [5, 5.41) is 9.00. The number of halogens is 2. The normalized spacial score (nSPS) is 10.2. The molecule has 0 atom stereocenters. The van der Waals surface area contributed by atoms with Crippen LogP contribution in [-0.2, 0) is 0 Å². The molecule has 0 fully saturated rings. The lowest BCUT2D eigenvalue weighted by Gasteiger charge is -1.96. The molecule has 66 valence electrons. The molecule has 0 heterocycles. The lowest BCUT2D eigenvalue weighted by atomic mass is 10.2. The molecule has 0 radical (unpaired) electrons. The van der Waals surface area contributed by atoms with Gasteiger partial charge in [-0.3, -0.25) is 0 Å². The number of hydrogen-bond acceptors (Lipinski definition) is 1. The maximum atomic E-state index is 8.31. The zero-order valence-electron chi connectivity index (χ0n) is 6.80. The minimum Gasteiger partial charge on any atom is -0.198 e. The van der Waals surface area contributed by atoms with Crippen molar-refractivity contribution >= 4 is 33.6 Å².